The molecule has 3 nitrogen and oxygen atoms in total. The summed E-state index contributed by atoms with van der Waals surface area (Å²) in [5.74, 6) is 0. The summed E-state index contributed by atoms with van der Waals surface area (Å²) in [4.78, 5) is 2.38. The summed E-state index contributed by atoms with van der Waals surface area (Å²) < 4.78 is 11.2. The van der Waals surface area contributed by atoms with Crippen LogP contribution in [0.15, 0.2) is 0 Å². The van der Waals surface area contributed by atoms with Gasteiger partial charge in [0.25, 0.3) is 0 Å². The van der Waals surface area contributed by atoms with Crippen LogP contribution in [0.2, 0.25) is 0 Å². The molecule has 0 radical (unpaired) electrons. The third kappa shape index (κ3) is 4.71. The lowest BCUT2D eigenvalue weighted by molar-refractivity contribution is 0.0695. The largest absolute Gasteiger partial charge is 0.364 e. The highest BCUT2D eigenvalue weighted by molar-refractivity contribution is 4.95. The Balaban J connectivity index is 1.42. The van der Waals surface area contributed by atoms with Gasteiger partial charge < -0.3 is 9.47 Å². The van der Waals surface area contributed by atoms with Gasteiger partial charge in [-0.25, -0.2) is 4.90 Å². The molecule has 2 heterocycles. The molecule has 0 bridgehead atoms. The van der Waals surface area contributed by atoms with Crippen molar-refractivity contribution in [1.29, 1.82) is 0 Å². The smallest absolute Gasteiger partial charge is 0.101 e. The van der Waals surface area contributed by atoms with E-state index in [1.54, 1.807) is 0 Å². The van der Waals surface area contributed by atoms with Crippen molar-refractivity contribution in [2.45, 2.75) is 83.1 Å². The number of rotatable bonds is 11. The van der Waals surface area contributed by atoms with Crippen molar-refractivity contribution in [3.8, 4) is 0 Å². The van der Waals surface area contributed by atoms with Crippen LogP contribution in [0, 0.1) is 0 Å². The Morgan fingerprint density at radius 1 is 0.750 bits per heavy atom. The van der Waals surface area contributed by atoms with Crippen molar-refractivity contribution < 1.29 is 9.47 Å². The minimum atomic E-state index is 0.236. The predicted octanol–water partition coefficient (Wildman–Crippen LogP) is 4.31. The molecule has 0 N–H and O–H groups in total. The zero-order valence-electron chi connectivity index (χ0n) is 13.4. The summed E-state index contributed by atoms with van der Waals surface area (Å²) in [6.07, 6.45) is 15.3. The standard InChI is InChI=1S/C17H33NO2/c1-2-3-4-5-6-7-8-9-10-11-12-17-13-19-15-18(17)16-20-14-17/h2-16H2,1H3. The third-order valence-corrected chi connectivity index (χ3v) is 4.90. The van der Waals surface area contributed by atoms with Gasteiger partial charge in [-0.05, 0) is 6.42 Å². The second-order valence-corrected chi connectivity index (χ2v) is 6.65. The fourth-order valence-corrected chi connectivity index (χ4v) is 3.47. The van der Waals surface area contributed by atoms with E-state index in [2.05, 4.69) is 11.8 Å². The first kappa shape index (κ1) is 16.3. The molecule has 2 fully saturated rings. The molecule has 0 aromatic carbocycles. The Labute approximate surface area is 125 Å². The molecular formula is C17H33NO2. The molecule has 3 heteroatoms. The number of unbranched alkanes of at least 4 members (excludes halogenated alkanes) is 9. The highest BCUT2D eigenvalue weighted by Gasteiger charge is 2.45. The van der Waals surface area contributed by atoms with Gasteiger partial charge in [-0.3, -0.25) is 0 Å². The maximum atomic E-state index is 5.60. The van der Waals surface area contributed by atoms with Gasteiger partial charge in [-0.15, -0.1) is 0 Å². The van der Waals surface area contributed by atoms with Crippen LogP contribution in [-0.2, 0) is 9.47 Å². The number of hydrogen-bond donors (Lipinski definition) is 0. The van der Waals surface area contributed by atoms with Gasteiger partial charge in [-0.2, -0.15) is 0 Å². The van der Waals surface area contributed by atoms with Gasteiger partial charge in [0.2, 0.25) is 0 Å². The van der Waals surface area contributed by atoms with Gasteiger partial charge in [0.1, 0.15) is 13.5 Å². The van der Waals surface area contributed by atoms with Crippen LogP contribution < -0.4 is 0 Å². The van der Waals surface area contributed by atoms with Crippen LogP contribution in [0.5, 0.6) is 0 Å². The van der Waals surface area contributed by atoms with Gasteiger partial charge in [0, 0.05) is 0 Å². The molecule has 0 unspecified atom stereocenters. The van der Waals surface area contributed by atoms with E-state index >= 15 is 0 Å². The van der Waals surface area contributed by atoms with E-state index < -0.39 is 0 Å². The summed E-state index contributed by atoms with van der Waals surface area (Å²) in [6, 6.07) is 0. The highest BCUT2D eigenvalue weighted by atomic mass is 16.6. The van der Waals surface area contributed by atoms with E-state index in [1.807, 2.05) is 0 Å². The zero-order chi connectivity index (χ0) is 14.1. The van der Waals surface area contributed by atoms with E-state index in [0.717, 1.165) is 26.7 Å². The van der Waals surface area contributed by atoms with Crippen molar-refractivity contribution in [1.82, 2.24) is 4.90 Å². The molecular weight excluding hydrogens is 250 g/mol. The second-order valence-electron chi connectivity index (χ2n) is 6.65. The Morgan fingerprint density at radius 3 is 1.80 bits per heavy atom. The maximum Gasteiger partial charge on any atom is 0.101 e. The van der Waals surface area contributed by atoms with E-state index in [0.29, 0.717) is 0 Å². The molecule has 0 spiro atoms. The normalized spacial score (nSPS) is 21.4. The first-order valence-corrected chi connectivity index (χ1v) is 8.78. The second kappa shape index (κ2) is 9.01. The molecule has 2 aliphatic rings. The maximum absolute atomic E-state index is 5.60. The Hall–Kier alpha value is -0.120. The molecule has 20 heavy (non-hydrogen) atoms. The summed E-state index contributed by atoms with van der Waals surface area (Å²) >= 11 is 0. The van der Waals surface area contributed by atoms with E-state index in [1.165, 1.54) is 70.6 Å². The average Bonchev–Trinajstić information content (AvgIpc) is 3.00. The van der Waals surface area contributed by atoms with E-state index in [-0.39, 0.29) is 5.54 Å². The number of ether oxygens (including phenoxy) is 2. The zero-order valence-corrected chi connectivity index (χ0v) is 13.4. The molecule has 0 aliphatic carbocycles. The van der Waals surface area contributed by atoms with Gasteiger partial charge in [-0.1, -0.05) is 71.1 Å². The van der Waals surface area contributed by atoms with Crippen molar-refractivity contribution in [2.75, 3.05) is 26.7 Å². The summed E-state index contributed by atoms with van der Waals surface area (Å²) in [5.41, 5.74) is 0.236. The lowest BCUT2D eigenvalue weighted by Gasteiger charge is -2.27. The molecule has 118 valence electrons. The Kier molecular flexibility index (Phi) is 7.32. The SMILES string of the molecule is CCCCCCCCCCCCC12COCN1COC2. The van der Waals surface area contributed by atoms with Gasteiger partial charge in [0.05, 0.1) is 18.8 Å². The molecule has 0 amide bonds. The monoisotopic (exact) mass is 283 g/mol. The Morgan fingerprint density at radius 2 is 1.25 bits per heavy atom. The Bertz CT molecular complexity index is 247. The fourth-order valence-electron chi connectivity index (χ4n) is 3.47. The minimum Gasteiger partial charge on any atom is -0.364 e. The number of fused-ring (bicyclic) bond motifs is 1. The van der Waals surface area contributed by atoms with Crippen molar-refractivity contribution >= 4 is 0 Å². The third-order valence-electron chi connectivity index (χ3n) is 4.90. The number of nitrogens with zero attached hydrogens (tertiary/aromatic N) is 1. The van der Waals surface area contributed by atoms with Crippen molar-refractivity contribution in [2.24, 2.45) is 0 Å². The quantitative estimate of drug-likeness (QED) is 0.527. The van der Waals surface area contributed by atoms with Crippen LogP contribution in [0.4, 0.5) is 0 Å². The summed E-state index contributed by atoms with van der Waals surface area (Å²) in [6.45, 7) is 5.59. The van der Waals surface area contributed by atoms with Crippen LogP contribution in [-0.4, -0.2) is 37.1 Å². The topological polar surface area (TPSA) is 21.7 Å². The van der Waals surface area contributed by atoms with Crippen LogP contribution >= 0.6 is 0 Å². The lowest BCUT2D eigenvalue weighted by atomic mass is 9.93. The van der Waals surface area contributed by atoms with Gasteiger partial charge >= 0.3 is 0 Å². The molecule has 0 atom stereocenters. The molecule has 2 rings (SSSR count). The van der Waals surface area contributed by atoms with E-state index in [9.17, 15) is 0 Å². The first-order valence-electron chi connectivity index (χ1n) is 8.78. The number of hydrogen-bond acceptors (Lipinski definition) is 3. The van der Waals surface area contributed by atoms with Gasteiger partial charge in [0.15, 0.2) is 0 Å². The fraction of sp³-hybridized carbons (Fsp3) is 1.00. The first-order chi connectivity index (χ1) is 9.87. The van der Waals surface area contributed by atoms with Crippen LogP contribution in [0.3, 0.4) is 0 Å². The van der Waals surface area contributed by atoms with Crippen molar-refractivity contribution in [3.63, 3.8) is 0 Å². The van der Waals surface area contributed by atoms with Crippen molar-refractivity contribution in [3.05, 3.63) is 0 Å². The average molecular weight is 283 g/mol. The van der Waals surface area contributed by atoms with Crippen LogP contribution in [0.25, 0.3) is 0 Å². The lowest BCUT2D eigenvalue weighted by Crippen LogP contribution is -2.42. The molecule has 0 aromatic rings. The molecule has 2 aliphatic heterocycles. The van der Waals surface area contributed by atoms with Crippen LogP contribution in [0.1, 0.15) is 77.6 Å². The molecule has 2 saturated heterocycles. The van der Waals surface area contributed by atoms with E-state index in [4.69, 9.17) is 9.47 Å². The minimum absolute atomic E-state index is 0.236. The highest BCUT2D eigenvalue weighted by Crippen LogP contribution is 2.33. The summed E-state index contributed by atoms with van der Waals surface area (Å²) in [5, 5.41) is 0. The molecule has 0 saturated carbocycles. The predicted molar refractivity (Wildman–Crippen MR) is 82.7 cm³/mol. The summed E-state index contributed by atoms with van der Waals surface area (Å²) in [7, 11) is 0. The molecule has 0 aromatic heterocycles.